The van der Waals surface area contributed by atoms with Gasteiger partial charge >= 0.3 is 0 Å². The van der Waals surface area contributed by atoms with Gasteiger partial charge in [0.25, 0.3) is 5.91 Å². The molecule has 6 nitrogen and oxygen atoms in total. The molecule has 0 radical (unpaired) electrons. The van der Waals surface area contributed by atoms with Crippen LogP contribution in [0.25, 0.3) is 17.1 Å². The predicted molar refractivity (Wildman–Crippen MR) is 86.3 cm³/mol. The summed E-state index contributed by atoms with van der Waals surface area (Å²) in [6.07, 6.45) is 4.73. The van der Waals surface area contributed by atoms with Crippen LogP contribution in [0.5, 0.6) is 0 Å². The Balaban J connectivity index is 2.05. The van der Waals surface area contributed by atoms with Crippen molar-refractivity contribution in [3.8, 4) is 17.1 Å². The van der Waals surface area contributed by atoms with Gasteiger partial charge in [-0.1, -0.05) is 23.8 Å². The largest absolute Gasteiger partial charge is 0.472 e. The fourth-order valence-corrected chi connectivity index (χ4v) is 2.10. The van der Waals surface area contributed by atoms with Gasteiger partial charge in [-0.25, -0.2) is 9.67 Å². The van der Waals surface area contributed by atoms with Crippen LogP contribution in [0, 0.1) is 6.92 Å². The van der Waals surface area contributed by atoms with Crippen LogP contribution in [0.15, 0.2) is 59.9 Å². The summed E-state index contributed by atoms with van der Waals surface area (Å²) in [5, 5.41) is 7.01. The van der Waals surface area contributed by atoms with Gasteiger partial charge in [0.05, 0.1) is 17.5 Å². The standard InChI is InChI=1S/C17H16N4O2/c1-3-9-18-17(22)15-19-16(13-8-10-23-11-13)21(20-15)14-6-4-12(2)5-7-14/h3-8,10-11H,1,9H2,2H3,(H,18,22). The van der Waals surface area contributed by atoms with Gasteiger partial charge in [0.1, 0.15) is 6.26 Å². The number of carbonyl (C=O) groups excluding carboxylic acids is 1. The second-order valence-electron chi connectivity index (χ2n) is 5.02. The zero-order chi connectivity index (χ0) is 16.2. The minimum atomic E-state index is -0.347. The molecule has 0 aliphatic heterocycles. The Hall–Kier alpha value is -3.15. The molecule has 2 heterocycles. The van der Waals surface area contributed by atoms with E-state index in [4.69, 9.17) is 4.42 Å². The Kier molecular flexibility index (Phi) is 4.05. The number of furan rings is 1. The minimum absolute atomic E-state index is 0.101. The highest BCUT2D eigenvalue weighted by Gasteiger charge is 2.18. The molecule has 116 valence electrons. The van der Waals surface area contributed by atoms with E-state index >= 15 is 0 Å². The summed E-state index contributed by atoms with van der Waals surface area (Å²) >= 11 is 0. The van der Waals surface area contributed by atoms with E-state index in [9.17, 15) is 4.79 Å². The zero-order valence-corrected chi connectivity index (χ0v) is 12.7. The van der Waals surface area contributed by atoms with E-state index in [0.717, 1.165) is 16.8 Å². The van der Waals surface area contributed by atoms with Gasteiger partial charge in [-0.15, -0.1) is 11.7 Å². The van der Waals surface area contributed by atoms with Crippen LogP contribution in [-0.2, 0) is 0 Å². The van der Waals surface area contributed by atoms with Crippen molar-refractivity contribution in [3.63, 3.8) is 0 Å². The highest BCUT2D eigenvalue weighted by molar-refractivity contribution is 5.91. The van der Waals surface area contributed by atoms with Gasteiger partial charge in [0.15, 0.2) is 5.82 Å². The molecule has 1 amide bonds. The lowest BCUT2D eigenvalue weighted by molar-refractivity contribution is 0.0948. The number of aryl methyl sites for hydroxylation is 1. The SMILES string of the molecule is C=CCNC(=O)c1nc(-c2ccoc2)n(-c2ccc(C)cc2)n1. The van der Waals surface area contributed by atoms with E-state index in [0.29, 0.717) is 12.4 Å². The van der Waals surface area contributed by atoms with Crippen molar-refractivity contribution in [2.45, 2.75) is 6.92 Å². The van der Waals surface area contributed by atoms with Gasteiger partial charge in [0.2, 0.25) is 5.82 Å². The first-order valence-corrected chi connectivity index (χ1v) is 7.15. The van der Waals surface area contributed by atoms with Crippen molar-refractivity contribution in [1.29, 1.82) is 0 Å². The second-order valence-corrected chi connectivity index (χ2v) is 5.02. The Morgan fingerprint density at radius 1 is 1.35 bits per heavy atom. The molecule has 0 saturated carbocycles. The summed E-state index contributed by atoms with van der Waals surface area (Å²) in [6.45, 7) is 5.94. The van der Waals surface area contributed by atoms with Crippen molar-refractivity contribution in [1.82, 2.24) is 20.1 Å². The molecule has 0 atom stereocenters. The Morgan fingerprint density at radius 2 is 2.13 bits per heavy atom. The number of benzene rings is 1. The molecule has 3 aromatic rings. The van der Waals surface area contributed by atoms with Crippen LogP contribution in [0.1, 0.15) is 16.2 Å². The van der Waals surface area contributed by atoms with Crippen LogP contribution in [-0.4, -0.2) is 27.2 Å². The fraction of sp³-hybridized carbons (Fsp3) is 0.118. The van der Waals surface area contributed by atoms with E-state index in [-0.39, 0.29) is 11.7 Å². The molecular weight excluding hydrogens is 292 g/mol. The van der Waals surface area contributed by atoms with E-state index in [2.05, 4.69) is 22.0 Å². The quantitative estimate of drug-likeness (QED) is 0.736. The van der Waals surface area contributed by atoms with Crippen LogP contribution in [0.3, 0.4) is 0 Å². The van der Waals surface area contributed by atoms with Gasteiger partial charge in [-0.2, -0.15) is 0 Å². The number of rotatable bonds is 5. The number of nitrogens with zero attached hydrogens (tertiary/aromatic N) is 3. The molecule has 6 heteroatoms. The molecule has 0 fully saturated rings. The lowest BCUT2D eigenvalue weighted by Crippen LogP contribution is -2.24. The summed E-state index contributed by atoms with van der Waals surface area (Å²) in [5.74, 6) is 0.301. The molecule has 23 heavy (non-hydrogen) atoms. The number of nitrogens with one attached hydrogen (secondary N) is 1. The normalized spacial score (nSPS) is 10.5. The monoisotopic (exact) mass is 308 g/mol. The maximum atomic E-state index is 12.1. The maximum Gasteiger partial charge on any atom is 0.291 e. The molecule has 1 aromatic carbocycles. The number of hydrogen-bond donors (Lipinski definition) is 1. The molecule has 0 saturated heterocycles. The van der Waals surface area contributed by atoms with Crippen molar-refractivity contribution >= 4 is 5.91 Å². The van der Waals surface area contributed by atoms with E-state index in [1.807, 2.05) is 31.2 Å². The van der Waals surface area contributed by atoms with Crippen molar-refractivity contribution in [3.05, 3.63) is 66.9 Å². The van der Waals surface area contributed by atoms with Crippen LogP contribution in [0.4, 0.5) is 0 Å². The molecule has 0 bridgehead atoms. The molecule has 3 rings (SSSR count). The molecule has 2 aromatic heterocycles. The number of amides is 1. The number of aromatic nitrogens is 3. The molecule has 0 spiro atoms. The van der Waals surface area contributed by atoms with Gasteiger partial charge in [-0.3, -0.25) is 4.79 Å². The third kappa shape index (κ3) is 3.06. The Labute approximate surface area is 133 Å². The lowest BCUT2D eigenvalue weighted by Gasteiger charge is -2.04. The first-order valence-electron chi connectivity index (χ1n) is 7.15. The molecule has 1 N–H and O–H groups in total. The smallest absolute Gasteiger partial charge is 0.291 e. The average Bonchev–Trinajstić information content (AvgIpc) is 3.22. The Morgan fingerprint density at radius 3 is 2.78 bits per heavy atom. The maximum absolute atomic E-state index is 12.1. The van der Waals surface area contributed by atoms with E-state index in [1.54, 1.807) is 29.4 Å². The van der Waals surface area contributed by atoms with Crippen molar-refractivity contribution in [2.24, 2.45) is 0 Å². The zero-order valence-electron chi connectivity index (χ0n) is 12.7. The number of carbonyl (C=O) groups is 1. The van der Waals surface area contributed by atoms with Crippen molar-refractivity contribution in [2.75, 3.05) is 6.54 Å². The first-order chi connectivity index (χ1) is 11.2. The summed E-state index contributed by atoms with van der Waals surface area (Å²) in [5.41, 5.74) is 2.71. The highest BCUT2D eigenvalue weighted by Crippen LogP contribution is 2.21. The van der Waals surface area contributed by atoms with E-state index < -0.39 is 0 Å². The second kappa shape index (κ2) is 6.31. The number of hydrogen-bond acceptors (Lipinski definition) is 4. The minimum Gasteiger partial charge on any atom is -0.472 e. The molecule has 0 aliphatic rings. The summed E-state index contributed by atoms with van der Waals surface area (Å²) in [7, 11) is 0. The van der Waals surface area contributed by atoms with Gasteiger partial charge < -0.3 is 9.73 Å². The topological polar surface area (TPSA) is 73.0 Å². The summed E-state index contributed by atoms with van der Waals surface area (Å²) in [6, 6.07) is 9.60. The molecule has 0 unspecified atom stereocenters. The first kappa shape index (κ1) is 14.8. The van der Waals surface area contributed by atoms with Crippen LogP contribution in [0.2, 0.25) is 0 Å². The summed E-state index contributed by atoms with van der Waals surface area (Å²) < 4.78 is 6.75. The van der Waals surface area contributed by atoms with E-state index in [1.165, 1.54) is 0 Å². The third-order valence-corrected chi connectivity index (χ3v) is 3.28. The van der Waals surface area contributed by atoms with Crippen LogP contribution >= 0.6 is 0 Å². The fourth-order valence-electron chi connectivity index (χ4n) is 2.10. The average molecular weight is 308 g/mol. The van der Waals surface area contributed by atoms with Gasteiger partial charge in [-0.05, 0) is 25.1 Å². The van der Waals surface area contributed by atoms with Crippen molar-refractivity contribution < 1.29 is 9.21 Å². The predicted octanol–water partition coefficient (Wildman–Crippen LogP) is 2.75. The molecular formula is C17H16N4O2. The summed E-state index contributed by atoms with van der Waals surface area (Å²) in [4.78, 5) is 16.5. The Bertz CT molecular complexity index is 817. The highest BCUT2D eigenvalue weighted by atomic mass is 16.3. The lowest BCUT2D eigenvalue weighted by atomic mass is 10.2. The third-order valence-electron chi connectivity index (χ3n) is 3.28. The molecule has 0 aliphatic carbocycles. The van der Waals surface area contributed by atoms with Gasteiger partial charge in [0, 0.05) is 6.54 Å². The van der Waals surface area contributed by atoms with Crippen LogP contribution < -0.4 is 5.32 Å².